The summed E-state index contributed by atoms with van der Waals surface area (Å²) in [7, 11) is 3.33. The molecular formula is C15H15Br2NO2. The molecule has 3 nitrogen and oxygen atoms in total. The van der Waals surface area contributed by atoms with E-state index in [1.807, 2.05) is 36.4 Å². The molecule has 0 unspecified atom stereocenters. The lowest BCUT2D eigenvalue weighted by Crippen LogP contribution is -2.02. The molecule has 1 N–H and O–H groups in total. The van der Waals surface area contributed by atoms with E-state index in [4.69, 9.17) is 9.47 Å². The van der Waals surface area contributed by atoms with Crippen LogP contribution in [0.4, 0.5) is 5.69 Å². The van der Waals surface area contributed by atoms with E-state index in [0.717, 1.165) is 31.7 Å². The molecule has 0 fully saturated rings. The molecule has 2 rings (SSSR count). The molecule has 0 aliphatic heterocycles. The average Bonchev–Trinajstić information content (AvgIpc) is 2.45. The van der Waals surface area contributed by atoms with Gasteiger partial charge >= 0.3 is 0 Å². The molecule has 5 heteroatoms. The van der Waals surface area contributed by atoms with Crippen molar-refractivity contribution in [2.75, 3.05) is 19.5 Å². The third-order valence-electron chi connectivity index (χ3n) is 2.86. The molecule has 0 spiro atoms. The molecule has 0 radical (unpaired) electrons. The summed E-state index contributed by atoms with van der Waals surface area (Å²) < 4.78 is 12.5. The lowest BCUT2D eigenvalue weighted by molar-refractivity contribution is 0.407. The van der Waals surface area contributed by atoms with Gasteiger partial charge in [0.05, 0.1) is 18.7 Å². The maximum atomic E-state index is 5.43. The molecule has 0 bridgehead atoms. The monoisotopic (exact) mass is 399 g/mol. The van der Waals surface area contributed by atoms with Crippen LogP contribution in [0.25, 0.3) is 0 Å². The zero-order valence-corrected chi connectivity index (χ0v) is 14.4. The first-order valence-electron chi connectivity index (χ1n) is 6.04. The Bertz CT molecular complexity index is 585. The van der Waals surface area contributed by atoms with Crippen molar-refractivity contribution in [1.82, 2.24) is 0 Å². The van der Waals surface area contributed by atoms with E-state index in [1.54, 1.807) is 14.2 Å². The Morgan fingerprint density at radius 2 is 1.70 bits per heavy atom. The highest BCUT2D eigenvalue weighted by Gasteiger charge is 2.09. The molecule has 20 heavy (non-hydrogen) atoms. The molecule has 2 aromatic carbocycles. The first kappa shape index (κ1) is 15.2. The van der Waals surface area contributed by atoms with E-state index in [0.29, 0.717) is 6.54 Å². The zero-order chi connectivity index (χ0) is 14.5. The Balaban J connectivity index is 2.13. The van der Waals surface area contributed by atoms with Crippen molar-refractivity contribution < 1.29 is 9.47 Å². The summed E-state index contributed by atoms with van der Waals surface area (Å²) in [5.41, 5.74) is 2.11. The Kier molecular flexibility index (Phi) is 5.31. The van der Waals surface area contributed by atoms with E-state index in [-0.39, 0.29) is 0 Å². The van der Waals surface area contributed by atoms with Crippen LogP contribution in [0.3, 0.4) is 0 Å². The molecular weight excluding hydrogens is 386 g/mol. The summed E-state index contributed by atoms with van der Waals surface area (Å²) in [4.78, 5) is 0. The Labute approximate surface area is 135 Å². The summed E-state index contributed by atoms with van der Waals surface area (Å²) in [5.74, 6) is 1.69. The predicted octanol–water partition coefficient (Wildman–Crippen LogP) is 4.84. The molecule has 0 atom stereocenters. The van der Waals surface area contributed by atoms with E-state index >= 15 is 0 Å². The minimum Gasteiger partial charge on any atom is -0.497 e. The standard InChI is InChI=1S/C15H15Br2NO2/c1-19-13-5-3-12(4-6-13)18-9-10-7-11(16)8-14(17)15(10)20-2/h3-8,18H,9H2,1-2H3. The largest absolute Gasteiger partial charge is 0.497 e. The van der Waals surface area contributed by atoms with Crippen molar-refractivity contribution in [3.63, 3.8) is 0 Å². The van der Waals surface area contributed by atoms with Crippen LogP contribution in [-0.2, 0) is 6.54 Å². The third-order valence-corrected chi connectivity index (χ3v) is 3.91. The Morgan fingerprint density at radius 1 is 1.00 bits per heavy atom. The number of ether oxygens (including phenoxy) is 2. The molecule has 0 aliphatic carbocycles. The van der Waals surface area contributed by atoms with E-state index in [1.165, 1.54) is 0 Å². The summed E-state index contributed by atoms with van der Waals surface area (Å²) in [6.45, 7) is 0.674. The smallest absolute Gasteiger partial charge is 0.138 e. The van der Waals surface area contributed by atoms with Crippen LogP contribution in [0.1, 0.15) is 5.56 Å². The van der Waals surface area contributed by atoms with E-state index < -0.39 is 0 Å². The minimum atomic E-state index is 0.674. The summed E-state index contributed by atoms with van der Waals surface area (Å²) >= 11 is 7.00. The van der Waals surface area contributed by atoms with E-state index in [9.17, 15) is 0 Å². The number of benzene rings is 2. The van der Waals surface area contributed by atoms with Crippen molar-refractivity contribution >= 4 is 37.5 Å². The second-order valence-corrected chi connectivity index (χ2v) is 5.93. The number of anilines is 1. The Morgan fingerprint density at radius 3 is 2.30 bits per heavy atom. The number of hydrogen-bond donors (Lipinski definition) is 1. The van der Waals surface area contributed by atoms with Crippen LogP contribution in [-0.4, -0.2) is 14.2 Å². The van der Waals surface area contributed by atoms with Gasteiger partial charge in [-0.3, -0.25) is 0 Å². The molecule has 0 saturated heterocycles. The van der Waals surface area contributed by atoms with Gasteiger partial charge in [0, 0.05) is 22.3 Å². The fourth-order valence-corrected chi connectivity index (χ4v) is 3.36. The summed E-state index contributed by atoms with van der Waals surface area (Å²) in [6, 6.07) is 11.8. The van der Waals surface area contributed by atoms with Crippen LogP contribution in [0, 0.1) is 0 Å². The fraction of sp³-hybridized carbons (Fsp3) is 0.200. The lowest BCUT2D eigenvalue weighted by Gasteiger charge is -2.13. The minimum absolute atomic E-state index is 0.674. The molecule has 106 valence electrons. The summed E-state index contributed by atoms with van der Waals surface area (Å²) in [5, 5.41) is 3.36. The number of halogens is 2. The van der Waals surface area contributed by atoms with Gasteiger partial charge < -0.3 is 14.8 Å². The van der Waals surface area contributed by atoms with E-state index in [2.05, 4.69) is 37.2 Å². The topological polar surface area (TPSA) is 30.5 Å². The maximum absolute atomic E-state index is 5.43. The lowest BCUT2D eigenvalue weighted by atomic mass is 10.2. The Hall–Kier alpha value is -1.20. The van der Waals surface area contributed by atoms with Gasteiger partial charge in [-0.2, -0.15) is 0 Å². The maximum Gasteiger partial charge on any atom is 0.138 e. The second kappa shape index (κ2) is 6.99. The van der Waals surface area contributed by atoms with Gasteiger partial charge in [-0.1, -0.05) is 15.9 Å². The van der Waals surface area contributed by atoms with Crippen molar-refractivity contribution in [3.8, 4) is 11.5 Å². The van der Waals surface area contributed by atoms with Gasteiger partial charge in [-0.15, -0.1) is 0 Å². The van der Waals surface area contributed by atoms with Gasteiger partial charge in [-0.25, -0.2) is 0 Å². The fourth-order valence-electron chi connectivity index (χ4n) is 1.88. The molecule has 0 heterocycles. The highest BCUT2D eigenvalue weighted by Crippen LogP contribution is 2.33. The number of hydrogen-bond acceptors (Lipinski definition) is 3. The van der Waals surface area contributed by atoms with Gasteiger partial charge in [0.1, 0.15) is 11.5 Å². The summed E-state index contributed by atoms with van der Waals surface area (Å²) in [6.07, 6.45) is 0. The van der Waals surface area contributed by atoms with Crippen LogP contribution in [0.2, 0.25) is 0 Å². The van der Waals surface area contributed by atoms with Crippen molar-refractivity contribution in [1.29, 1.82) is 0 Å². The van der Waals surface area contributed by atoms with Gasteiger partial charge in [0.15, 0.2) is 0 Å². The second-order valence-electron chi connectivity index (χ2n) is 4.16. The first-order chi connectivity index (χ1) is 9.63. The zero-order valence-electron chi connectivity index (χ0n) is 11.2. The number of methoxy groups -OCH3 is 2. The predicted molar refractivity (Wildman–Crippen MR) is 88.7 cm³/mol. The van der Waals surface area contributed by atoms with Crippen LogP contribution >= 0.6 is 31.9 Å². The van der Waals surface area contributed by atoms with Gasteiger partial charge in [0.2, 0.25) is 0 Å². The van der Waals surface area contributed by atoms with Crippen LogP contribution < -0.4 is 14.8 Å². The average molecular weight is 401 g/mol. The van der Waals surface area contributed by atoms with Gasteiger partial charge in [-0.05, 0) is 52.3 Å². The molecule has 2 aromatic rings. The highest BCUT2D eigenvalue weighted by atomic mass is 79.9. The number of rotatable bonds is 5. The molecule has 0 aromatic heterocycles. The molecule has 0 amide bonds. The molecule has 0 aliphatic rings. The first-order valence-corrected chi connectivity index (χ1v) is 7.62. The van der Waals surface area contributed by atoms with Crippen LogP contribution in [0.15, 0.2) is 45.3 Å². The number of nitrogens with one attached hydrogen (secondary N) is 1. The SMILES string of the molecule is COc1ccc(NCc2cc(Br)cc(Br)c2OC)cc1. The van der Waals surface area contributed by atoms with Crippen LogP contribution in [0.5, 0.6) is 11.5 Å². The van der Waals surface area contributed by atoms with Crippen molar-refractivity contribution in [2.45, 2.75) is 6.54 Å². The highest BCUT2D eigenvalue weighted by molar-refractivity contribution is 9.11. The van der Waals surface area contributed by atoms with Crippen molar-refractivity contribution in [3.05, 3.63) is 50.9 Å². The normalized spacial score (nSPS) is 10.2. The van der Waals surface area contributed by atoms with Crippen molar-refractivity contribution in [2.24, 2.45) is 0 Å². The third kappa shape index (κ3) is 3.67. The van der Waals surface area contributed by atoms with Gasteiger partial charge in [0.25, 0.3) is 0 Å². The quantitative estimate of drug-likeness (QED) is 0.778. The molecule has 0 saturated carbocycles.